The Balaban J connectivity index is 2.09. The van der Waals surface area contributed by atoms with Gasteiger partial charge in [0, 0.05) is 20.9 Å². The molecule has 0 radical (unpaired) electrons. The molecule has 10 heteroatoms. The number of halogens is 3. The van der Waals surface area contributed by atoms with Crippen LogP contribution in [0.3, 0.4) is 0 Å². The number of hydrogen-bond donors (Lipinski definition) is 0. The van der Waals surface area contributed by atoms with Gasteiger partial charge >= 0.3 is 6.09 Å². The Kier molecular flexibility index (Phi) is 5.23. The minimum Gasteiger partial charge on any atom is -0.443 e. The van der Waals surface area contributed by atoms with E-state index in [0.717, 1.165) is 4.47 Å². The highest BCUT2D eigenvalue weighted by Crippen LogP contribution is 2.28. The number of ether oxygens (including phenoxy) is 1. The van der Waals surface area contributed by atoms with Crippen LogP contribution in [0.2, 0.25) is 5.28 Å². The van der Waals surface area contributed by atoms with Crippen molar-refractivity contribution < 1.29 is 13.9 Å². The first-order valence-corrected chi connectivity index (χ1v) is 9.62. The molecule has 0 bridgehead atoms. The SMILES string of the molecule is CC(C)(C)OC(=O)N(Cc1cc(F)cs1)c1nc(Cl)nn2cc(Br)cc12. The third kappa shape index (κ3) is 4.33. The number of carbonyl (C=O) groups excluding carboxylic acids is 1. The van der Waals surface area contributed by atoms with E-state index >= 15 is 0 Å². The summed E-state index contributed by atoms with van der Waals surface area (Å²) in [5.74, 6) is -0.0794. The molecule has 0 spiro atoms. The van der Waals surface area contributed by atoms with Gasteiger partial charge in [0.2, 0.25) is 5.28 Å². The van der Waals surface area contributed by atoms with E-state index in [2.05, 4.69) is 26.0 Å². The molecule has 0 N–H and O–H groups in total. The highest BCUT2D eigenvalue weighted by atomic mass is 79.9. The summed E-state index contributed by atoms with van der Waals surface area (Å²) in [5.41, 5.74) is -0.143. The lowest BCUT2D eigenvalue weighted by Crippen LogP contribution is -2.37. The average molecular weight is 462 g/mol. The normalized spacial score (nSPS) is 11.8. The van der Waals surface area contributed by atoms with E-state index in [1.165, 1.54) is 32.2 Å². The molecule has 0 aromatic carbocycles. The molecule has 3 heterocycles. The second kappa shape index (κ2) is 7.13. The van der Waals surface area contributed by atoms with Crippen molar-refractivity contribution >= 4 is 56.3 Å². The van der Waals surface area contributed by atoms with Crippen LogP contribution in [0.25, 0.3) is 5.52 Å². The number of thiophene rings is 1. The Morgan fingerprint density at radius 2 is 2.19 bits per heavy atom. The van der Waals surface area contributed by atoms with Crippen molar-refractivity contribution in [2.24, 2.45) is 0 Å². The molecule has 1 amide bonds. The van der Waals surface area contributed by atoms with Crippen LogP contribution in [0.4, 0.5) is 15.0 Å². The lowest BCUT2D eigenvalue weighted by molar-refractivity contribution is 0.0577. The minimum absolute atomic E-state index is 0.0264. The number of nitrogens with zero attached hydrogens (tertiary/aromatic N) is 4. The maximum atomic E-state index is 13.4. The van der Waals surface area contributed by atoms with Crippen molar-refractivity contribution in [2.75, 3.05) is 4.90 Å². The smallest absolute Gasteiger partial charge is 0.416 e. The zero-order valence-electron chi connectivity index (χ0n) is 14.2. The third-order valence-electron chi connectivity index (χ3n) is 3.19. The molecule has 3 rings (SSSR count). The van der Waals surface area contributed by atoms with Crippen molar-refractivity contribution in [1.29, 1.82) is 0 Å². The predicted octanol–water partition coefficient (Wildman–Crippen LogP) is 5.29. The lowest BCUT2D eigenvalue weighted by atomic mass is 10.2. The number of rotatable bonds is 3. The first-order chi connectivity index (χ1) is 12.1. The van der Waals surface area contributed by atoms with Gasteiger partial charge in [-0.1, -0.05) is 0 Å². The fourth-order valence-electron chi connectivity index (χ4n) is 2.26. The highest BCUT2D eigenvalue weighted by Gasteiger charge is 2.27. The second-order valence-corrected chi connectivity index (χ2v) is 8.74. The van der Waals surface area contributed by atoms with Gasteiger partial charge in [-0.05, 0) is 60.4 Å². The third-order valence-corrected chi connectivity index (χ3v) is 4.68. The first kappa shape index (κ1) is 19.1. The van der Waals surface area contributed by atoms with Gasteiger partial charge in [0.05, 0.1) is 6.54 Å². The van der Waals surface area contributed by atoms with Crippen molar-refractivity contribution in [3.8, 4) is 0 Å². The Labute approximate surface area is 166 Å². The van der Waals surface area contributed by atoms with E-state index in [9.17, 15) is 9.18 Å². The largest absolute Gasteiger partial charge is 0.443 e. The fraction of sp³-hybridized carbons (Fsp3) is 0.312. The summed E-state index contributed by atoms with van der Waals surface area (Å²) >= 11 is 10.6. The number of amides is 1. The van der Waals surface area contributed by atoms with Gasteiger partial charge in [0.15, 0.2) is 5.82 Å². The van der Waals surface area contributed by atoms with Crippen LogP contribution in [0.5, 0.6) is 0 Å². The van der Waals surface area contributed by atoms with Gasteiger partial charge in [0.25, 0.3) is 0 Å². The van der Waals surface area contributed by atoms with E-state index in [0.29, 0.717) is 10.4 Å². The Hall–Kier alpha value is -1.71. The highest BCUT2D eigenvalue weighted by molar-refractivity contribution is 9.10. The van der Waals surface area contributed by atoms with Gasteiger partial charge in [0.1, 0.15) is 16.9 Å². The minimum atomic E-state index is -0.703. The van der Waals surface area contributed by atoms with Crippen LogP contribution >= 0.6 is 38.9 Å². The maximum absolute atomic E-state index is 13.4. The van der Waals surface area contributed by atoms with Gasteiger partial charge in [-0.15, -0.1) is 16.4 Å². The van der Waals surface area contributed by atoms with Crippen LogP contribution in [0.1, 0.15) is 25.6 Å². The van der Waals surface area contributed by atoms with Crippen molar-refractivity contribution in [2.45, 2.75) is 32.9 Å². The topological polar surface area (TPSA) is 59.7 Å². The molecule has 0 saturated heterocycles. The van der Waals surface area contributed by atoms with Crippen LogP contribution in [0.15, 0.2) is 28.2 Å². The molecule has 3 aromatic heterocycles. The number of hydrogen-bond acceptors (Lipinski definition) is 5. The van der Waals surface area contributed by atoms with Crippen molar-refractivity contribution in [3.63, 3.8) is 0 Å². The summed E-state index contributed by atoms with van der Waals surface area (Å²) in [6.45, 7) is 5.40. The quantitative estimate of drug-likeness (QED) is 0.532. The lowest BCUT2D eigenvalue weighted by Gasteiger charge is -2.26. The Morgan fingerprint density at radius 1 is 1.46 bits per heavy atom. The van der Waals surface area contributed by atoms with Gasteiger partial charge < -0.3 is 4.74 Å². The number of aromatic nitrogens is 3. The van der Waals surface area contributed by atoms with Crippen LogP contribution in [0, 0.1) is 5.82 Å². The van der Waals surface area contributed by atoms with E-state index in [1.54, 1.807) is 33.0 Å². The average Bonchev–Trinajstić information content (AvgIpc) is 3.06. The monoisotopic (exact) mass is 460 g/mol. The summed E-state index contributed by atoms with van der Waals surface area (Å²) in [7, 11) is 0. The Bertz CT molecular complexity index is 969. The van der Waals surface area contributed by atoms with E-state index in [1.807, 2.05) is 0 Å². The summed E-state index contributed by atoms with van der Waals surface area (Å²) in [6, 6.07) is 3.13. The van der Waals surface area contributed by atoms with Crippen molar-refractivity contribution in [3.05, 3.63) is 44.2 Å². The summed E-state index contributed by atoms with van der Waals surface area (Å²) in [4.78, 5) is 19.0. The molecule has 0 aliphatic rings. The molecule has 138 valence electrons. The van der Waals surface area contributed by atoms with Gasteiger partial charge in [-0.3, -0.25) is 4.90 Å². The Morgan fingerprint density at radius 3 is 2.81 bits per heavy atom. The molecule has 26 heavy (non-hydrogen) atoms. The van der Waals surface area contributed by atoms with Crippen LogP contribution in [-0.4, -0.2) is 26.3 Å². The molecule has 0 aliphatic carbocycles. The summed E-state index contributed by atoms with van der Waals surface area (Å²) in [6.07, 6.45) is 1.09. The van der Waals surface area contributed by atoms with Gasteiger partial charge in [-0.2, -0.15) is 4.98 Å². The maximum Gasteiger partial charge on any atom is 0.416 e. The zero-order valence-corrected chi connectivity index (χ0v) is 17.3. The predicted molar refractivity (Wildman–Crippen MR) is 102 cm³/mol. The number of carbonyl (C=O) groups is 1. The van der Waals surface area contributed by atoms with Gasteiger partial charge in [-0.25, -0.2) is 13.7 Å². The second-order valence-electron chi connectivity index (χ2n) is 6.49. The standard InChI is InChI=1S/C16H15BrClFN4O2S/c1-16(2,3)25-15(24)22(7-11-5-10(19)8-26-11)13-12-4-9(17)6-23(12)21-14(18)20-13/h4-6,8H,7H2,1-3H3. The molecule has 0 unspecified atom stereocenters. The van der Waals surface area contributed by atoms with Crippen LogP contribution in [-0.2, 0) is 11.3 Å². The molecule has 6 nitrogen and oxygen atoms in total. The molecule has 0 saturated carbocycles. The molecular formula is C16H15BrClFN4O2S. The zero-order chi connectivity index (χ0) is 19.1. The van der Waals surface area contributed by atoms with E-state index in [4.69, 9.17) is 16.3 Å². The summed E-state index contributed by atoms with van der Waals surface area (Å²) in [5, 5.41) is 5.44. The molecule has 0 atom stereocenters. The number of anilines is 1. The van der Waals surface area contributed by atoms with E-state index in [-0.39, 0.29) is 23.5 Å². The molecule has 0 aliphatic heterocycles. The fourth-order valence-corrected chi connectivity index (χ4v) is 3.55. The molecule has 0 fully saturated rings. The van der Waals surface area contributed by atoms with Crippen molar-refractivity contribution in [1.82, 2.24) is 14.6 Å². The molecule has 3 aromatic rings. The van der Waals surface area contributed by atoms with E-state index < -0.39 is 11.7 Å². The summed E-state index contributed by atoms with van der Waals surface area (Å²) < 4.78 is 21.2. The first-order valence-electron chi connectivity index (χ1n) is 7.57. The molecular weight excluding hydrogens is 447 g/mol. The number of fused-ring (bicyclic) bond motifs is 1. The van der Waals surface area contributed by atoms with Crippen LogP contribution < -0.4 is 4.90 Å².